The second-order valence-electron chi connectivity index (χ2n) is 7.84. The molecule has 31 heavy (non-hydrogen) atoms. The molecule has 4 rings (SSSR count). The molecule has 5 heteroatoms. The Bertz CT molecular complexity index is 1020. The van der Waals surface area contributed by atoms with Gasteiger partial charge in [-0.1, -0.05) is 30.3 Å². The first-order valence-corrected chi connectivity index (χ1v) is 10.6. The Kier molecular flexibility index (Phi) is 6.63. The fourth-order valence-corrected chi connectivity index (χ4v) is 4.15. The first-order valence-electron chi connectivity index (χ1n) is 10.6. The van der Waals surface area contributed by atoms with Gasteiger partial charge in [0.25, 0.3) is 0 Å². The molecule has 3 aromatic carbocycles. The van der Waals surface area contributed by atoms with Gasteiger partial charge in [0.1, 0.15) is 19.7 Å². The number of quaternary nitrogens is 1. The Balaban J connectivity index is 1.47. The van der Waals surface area contributed by atoms with E-state index >= 15 is 0 Å². The first-order chi connectivity index (χ1) is 15.2. The van der Waals surface area contributed by atoms with Crippen molar-refractivity contribution in [3.8, 4) is 23.0 Å². The zero-order chi connectivity index (χ0) is 21.6. The average Bonchev–Trinajstić information content (AvgIpc) is 2.82. The number of rotatable bonds is 8. The van der Waals surface area contributed by atoms with Crippen LogP contribution >= 0.6 is 0 Å². The third-order valence-electron chi connectivity index (χ3n) is 5.81. The quantitative estimate of drug-likeness (QED) is 0.606. The van der Waals surface area contributed by atoms with Crippen molar-refractivity contribution < 1.29 is 23.8 Å². The van der Waals surface area contributed by atoms with Gasteiger partial charge >= 0.3 is 0 Å². The van der Waals surface area contributed by atoms with E-state index in [4.69, 9.17) is 18.9 Å². The van der Waals surface area contributed by atoms with Crippen LogP contribution in [0.2, 0.25) is 0 Å². The van der Waals surface area contributed by atoms with Crippen molar-refractivity contribution in [2.24, 2.45) is 0 Å². The highest BCUT2D eigenvalue weighted by Gasteiger charge is 2.22. The Morgan fingerprint density at radius 1 is 0.710 bits per heavy atom. The van der Waals surface area contributed by atoms with Gasteiger partial charge in [-0.15, -0.1) is 0 Å². The molecule has 0 amide bonds. The lowest BCUT2D eigenvalue weighted by Gasteiger charge is -2.27. The molecule has 0 saturated carbocycles. The predicted molar refractivity (Wildman–Crippen MR) is 120 cm³/mol. The third-order valence-corrected chi connectivity index (χ3v) is 5.81. The molecule has 0 saturated heterocycles. The van der Waals surface area contributed by atoms with Crippen molar-refractivity contribution in [1.29, 1.82) is 0 Å². The van der Waals surface area contributed by atoms with Crippen LogP contribution in [0.1, 0.15) is 22.3 Å². The summed E-state index contributed by atoms with van der Waals surface area (Å²) in [6.45, 7) is 3.49. The number of fused-ring (bicyclic) bond motifs is 1. The number of nitrogens with one attached hydrogen (secondary N) is 1. The summed E-state index contributed by atoms with van der Waals surface area (Å²) < 4.78 is 22.6. The lowest BCUT2D eigenvalue weighted by atomic mass is 9.98. The SMILES string of the molecule is COc1cc2c(cc1OC)C[NH+](Cc1ccc(OC)c(OCc3ccccc3)c1)CC2. The fourth-order valence-electron chi connectivity index (χ4n) is 4.15. The van der Waals surface area contributed by atoms with Crippen molar-refractivity contribution in [2.45, 2.75) is 26.1 Å². The van der Waals surface area contributed by atoms with Crippen molar-refractivity contribution in [3.05, 3.63) is 82.9 Å². The number of benzene rings is 3. The molecule has 162 valence electrons. The number of ether oxygens (including phenoxy) is 4. The van der Waals surface area contributed by atoms with Gasteiger partial charge < -0.3 is 23.8 Å². The highest BCUT2D eigenvalue weighted by molar-refractivity contribution is 5.48. The van der Waals surface area contributed by atoms with E-state index in [-0.39, 0.29) is 0 Å². The number of hydrogen-bond acceptors (Lipinski definition) is 4. The standard InChI is InChI=1S/C26H29NO4/c1-28-23-10-9-20(13-26(23)31-18-19-7-5-4-6-8-19)16-27-12-11-21-14-24(29-2)25(30-3)15-22(21)17-27/h4-10,13-15H,11-12,16-18H2,1-3H3/p+1. The maximum Gasteiger partial charge on any atom is 0.162 e. The smallest absolute Gasteiger partial charge is 0.162 e. The lowest BCUT2D eigenvalue weighted by molar-refractivity contribution is -0.929. The normalized spacial score (nSPS) is 15.1. The van der Waals surface area contributed by atoms with Gasteiger partial charge in [-0.2, -0.15) is 0 Å². The van der Waals surface area contributed by atoms with Gasteiger partial charge in [-0.05, 0) is 41.5 Å². The second-order valence-corrected chi connectivity index (χ2v) is 7.84. The van der Waals surface area contributed by atoms with Gasteiger partial charge in [0.05, 0.1) is 27.9 Å². The van der Waals surface area contributed by atoms with Crippen molar-refractivity contribution in [2.75, 3.05) is 27.9 Å². The van der Waals surface area contributed by atoms with Crippen LogP contribution < -0.4 is 23.8 Å². The maximum absolute atomic E-state index is 6.09. The number of hydrogen-bond donors (Lipinski definition) is 1. The molecule has 0 aliphatic carbocycles. The molecule has 5 nitrogen and oxygen atoms in total. The van der Waals surface area contributed by atoms with E-state index in [1.165, 1.54) is 21.6 Å². The van der Waals surface area contributed by atoms with Crippen molar-refractivity contribution in [1.82, 2.24) is 0 Å². The van der Waals surface area contributed by atoms with Crippen LogP contribution in [0.3, 0.4) is 0 Å². The summed E-state index contributed by atoms with van der Waals surface area (Å²) in [4.78, 5) is 1.51. The molecular weight excluding hydrogens is 390 g/mol. The first kappa shape index (κ1) is 21.1. The molecule has 1 unspecified atom stereocenters. The molecule has 1 aliphatic heterocycles. The van der Waals surface area contributed by atoms with E-state index in [0.717, 1.165) is 54.6 Å². The van der Waals surface area contributed by atoms with E-state index in [1.807, 2.05) is 24.3 Å². The van der Waals surface area contributed by atoms with Crippen LogP contribution in [-0.2, 0) is 26.1 Å². The summed E-state index contributed by atoms with van der Waals surface area (Å²) in [5.74, 6) is 3.14. The summed E-state index contributed by atoms with van der Waals surface area (Å²) in [6, 6.07) is 20.7. The van der Waals surface area contributed by atoms with E-state index in [1.54, 1.807) is 21.3 Å². The third kappa shape index (κ3) is 4.94. The monoisotopic (exact) mass is 420 g/mol. The Morgan fingerprint density at radius 3 is 2.13 bits per heavy atom. The minimum Gasteiger partial charge on any atom is -0.493 e. The highest BCUT2D eigenvalue weighted by atomic mass is 16.5. The van der Waals surface area contributed by atoms with E-state index in [9.17, 15) is 0 Å². The molecule has 1 N–H and O–H groups in total. The topological polar surface area (TPSA) is 41.4 Å². The van der Waals surface area contributed by atoms with Crippen LogP contribution in [0.4, 0.5) is 0 Å². The molecular formula is C26H30NO4+. The fraction of sp³-hybridized carbons (Fsp3) is 0.308. The molecule has 0 fully saturated rings. The van der Waals surface area contributed by atoms with Gasteiger partial charge in [-0.3, -0.25) is 0 Å². The molecule has 0 aromatic heterocycles. The molecule has 0 radical (unpaired) electrons. The van der Waals surface area contributed by atoms with Gasteiger partial charge in [0, 0.05) is 17.5 Å². The Hall–Kier alpha value is -3.18. The molecule has 0 bridgehead atoms. The minimum atomic E-state index is 0.520. The summed E-state index contributed by atoms with van der Waals surface area (Å²) in [7, 11) is 5.05. The number of methoxy groups -OCH3 is 3. The van der Waals surface area contributed by atoms with Crippen LogP contribution in [0.5, 0.6) is 23.0 Å². The molecule has 0 spiro atoms. The van der Waals surface area contributed by atoms with Gasteiger partial charge in [0.15, 0.2) is 23.0 Å². The van der Waals surface area contributed by atoms with Gasteiger partial charge in [0.2, 0.25) is 0 Å². The molecule has 1 aliphatic rings. The molecule has 1 heterocycles. The largest absolute Gasteiger partial charge is 0.493 e. The maximum atomic E-state index is 6.09. The lowest BCUT2D eigenvalue weighted by Crippen LogP contribution is -3.10. The zero-order valence-corrected chi connectivity index (χ0v) is 18.4. The summed E-state index contributed by atoms with van der Waals surface area (Å²) in [5.41, 5.74) is 5.05. The highest BCUT2D eigenvalue weighted by Crippen LogP contribution is 2.32. The van der Waals surface area contributed by atoms with Gasteiger partial charge in [-0.25, -0.2) is 0 Å². The minimum absolute atomic E-state index is 0.520. The van der Waals surface area contributed by atoms with E-state index < -0.39 is 0 Å². The summed E-state index contributed by atoms with van der Waals surface area (Å²) in [6.07, 6.45) is 1.03. The van der Waals surface area contributed by atoms with Crippen molar-refractivity contribution in [3.63, 3.8) is 0 Å². The van der Waals surface area contributed by atoms with Crippen LogP contribution in [0.25, 0.3) is 0 Å². The summed E-state index contributed by atoms with van der Waals surface area (Å²) in [5, 5.41) is 0. The van der Waals surface area contributed by atoms with Crippen LogP contribution in [-0.4, -0.2) is 27.9 Å². The average molecular weight is 421 g/mol. The second kappa shape index (κ2) is 9.75. The summed E-state index contributed by atoms with van der Waals surface area (Å²) >= 11 is 0. The predicted octanol–water partition coefficient (Wildman–Crippen LogP) is 3.43. The Morgan fingerprint density at radius 2 is 1.42 bits per heavy atom. The Labute approximate surface area is 184 Å². The van der Waals surface area contributed by atoms with E-state index in [2.05, 4.69) is 36.4 Å². The molecule has 3 aromatic rings. The molecule has 1 atom stereocenters. The van der Waals surface area contributed by atoms with Crippen molar-refractivity contribution >= 4 is 0 Å². The van der Waals surface area contributed by atoms with E-state index in [0.29, 0.717) is 6.61 Å². The zero-order valence-electron chi connectivity index (χ0n) is 18.4. The van der Waals surface area contributed by atoms with Crippen LogP contribution in [0, 0.1) is 0 Å². The van der Waals surface area contributed by atoms with Crippen LogP contribution in [0.15, 0.2) is 60.7 Å².